The van der Waals surface area contributed by atoms with Gasteiger partial charge < -0.3 is 20.3 Å². The molecule has 2 N–H and O–H groups in total. The third-order valence-corrected chi connectivity index (χ3v) is 6.22. The molecule has 0 saturated heterocycles. The average Bonchev–Trinajstić information content (AvgIpc) is 2.79. The predicted molar refractivity (Wildman–Crippen MR) is 153 cm³/mol. The Kier molecular flexibility index (Phi) is 10.9. The number of benzene rings is 2. The van der Waals surface area contributed by atoms with Crippen molar-refractivity contribution >= 4 is 23.6 Å². The predicted octanol–water partition coefficient (Wildman–Crippen LogP) is 6.47. The first kappa shape index (κ1) is 30.9. The second-order valence-corrected chi connectivity index (χ2v) is 11.4. The topological polar surface area (TPSA) is 87.7 Å². The Hall–Kier alpha value is -3.35. The van der Waals surface area contributed by atoms with Crippen LogP contribution in [0.2, 0.25) is 0 Å². The first-order chi connectivity index (χ1) is 17.7. The van der Waals surface area contributed by atoms with E-state index in [2.05, 4.69) is 10.6 Å². The van der Waals surface area contributed by atoms with Crippen LogP contribution in [0.15, 0.2) is 42.5 Å². The number of ether oxygens (including phenoxy) is 1. The lowest BCUT2D eigenvalue weighted by Gasteiger charge is -2.36. The molecule has 0 aliphatic carbocycles. The number of nitrogens with one attached hydrogen (secondary N) is 2. The molecule has 38 heavy (non-hydrogen) atoms. The van der Waals surface area contributed by atoms with Crippen LogP contribution in [-0.2, 0) is 14.3 Å². The maximum Gasteiger partial charge on any atom is 0.408 e. The highest BCUT2D eigenvalue weighted by Crippen LogP contribution is 2.31. The molecule has 0 spiro atoms. The molecule has 0 radical (unpaired) electrons. The highest BCUT2D eigenvalue weighted by molar-refractivity contribution is 5.99. The SMILES string of the molecule is CCCN(C(=O)C(CC(C)C)NC(=O)OC(C)(C)C)C(C(=O)Nc1ccccc1C)c1c(C)cccc1C. The summed E-state index contributed by atoms with van der Waals surface area (Å²) in [4.78, 5) is 42.6. The van der Waals surface area contributed by atoms with Gasteiger partial charge in [-0.3, -0.25) is 9.59 Å². The van der Waals surface area contributed by atoms with Crippen LogP contribution in [0.3, 0.4) is 0 Å². The van der Waals surface area contributed by atoms with E-state index in [1.54, 1.807) is 25.7 Å². The van der Waals surface area contributed by atoms with Crippen LogP contribution in [0, 0.1) is 26.7 Å². The maximum atomic E-state index is 14.2. The van der Waals surface area contributed by atoms with E-state index >= 15 is 0 Å². The average molecular weight is 524 g/mol. The summed E-state index contributed by atoms with van der Waals surface area (Å²) >= 11 is 0. The summed E-state index contributed by atoms with van der Waals surface area (Å²) in [5, 5.41) is 5.86. The smallest absolute Gasteiger partial charge is 0.408 e. The van der Waals surface area contributed by atoms with Crippen molar-refractivity contribution in [2.45, 2.75) is 92.8 Å². The van der Waals surface area contributed by atoms with E-state index < -0.39 is 23.8 Å². The van der Waals surface area contributed by atoms with Gasteiger partial charge in [-0.15, -0.1) is 0 Å². The molecule has 208 valence electrons. The molecular weight excluding hydrogens is 478 g/mol. The highest BCUT2D eigenvalue weighted by Gasteiger charge is 2.37. The lowest BCUT2D eigenvalue weighted by atomic mass is 9.92. The zero-order chi connectivity index (χ0) is 28.6. The van der Waals surface area contributed by atoms with Crippen molar-refractivity contribution < 1.29 is 19.1 Å². The molecule has 0 heterocycles. The van der Waals surface area contributed by atoms with Crippen molar-refractivity contribution in [1.82, 2.24) is 10.2 Å². The Morgan fingerprint density at radius 1 is 0.921 bits per heavy atom. The van der Waals surface area contributed by atoms with Gasteiger partial charge in [0.1, 0.15) is 17.7 Å². The van der Waals surface area contributed by atoms with E-state index in [4.69, 9.17) is 4.74 Å². The lowest BCUT2D eigenvalue weighted by molar-refractivity contribution is -0.141. The molecule has 0 saturated carbocycles. The molecule has 2 rings (SSSR count). The molecule has 0 aliphatic rings. The molecule has 2 unspecified atom stereocenters. The van der Waals surface area contributed by atoms with Crippen molar-refractivity contribution in [2.75, 3.05) is 11.9 Å². The van der Waals surface area contributed by atoms with E-state index in [0.29, 0.717) is 25.1 Å². The van der Waals surface area contributed by atoms with Gasteiger partial charge in [0, 0.05) is 12.2 Å². The zero-order valence-corrected chi connectivity index (χ0v) is 24.5. The number of para-hydroxylation sites is 1. The van der Waals surface area contributed by atoms with Gasteiger partial charge in [-0.25, -0.2) is 4.79 Å². The van der Waals surface area contributed by atoms with Crippen LogP contribution in [-0.4, -0.2) is 41.0 Å². The van der Waals surface area contributed by atoms with Gasteiger partial charge in [0.15, 0.2) is 0 Å². The van der Waals surface area contributed by atoms with Crippen LogP contribution in [0.4, 0.5) is 10.5 Å². The van der Waals surface area contributed by atoms with Crippen molar-refractivity contribution in [3.63, 3.8) is 0 Å². The lowest BCUT2D eigenvalue weighted by Crippen LogP contribution is -2.53. The number of hydrogen-bond acceptors (Lipinski definition) is 4. The number of alkyl carbamates (subject to hydrolysis) is 1. The molecule has 7 heteroatoms. The first-order valence-corrected chi connectivity index (χ1v) is 13.5. The van der Waals surface area contributed by atoms with E-state index in [1.165, 1.54) is 0 Å². The second-order valence-electron chi connectivity index (χ2n) is 11.4. The fraction of sp³-hybridized carbons (Fsp3) is 0.516. The Bertz CT molecular complexity index is 1100. The second kappa shape index (κ2) is 13.4. The van der Waals surface area contributed by atoms with E-state index in [0.717, 1.165) is 22.3 Å². The Balaban J connectivity index is 2.58. The number of hydrogen-bond donors (Lipinski definition) is 2. The van der Waals surface area contributed by atoms with Gasteiger partial charge in [-0.1, -0.05) is 57.2 Å². The summed E-state index contributed by atoms with van der Waals surface area (Å²) < 4.78 is 5.46. The summed E-state index contributed by atoms with van der Waals surface area (Å²) in [5.74, 6) is -0.472. The van der Waals surface area contributed by atoms with Crippen molar-refractivity contribution in [3.05, 3.63) is 64.7 Å². The molecule has 3 amide bonds. The number of rotatable bonds is 10. The third-order valence-electron chi connectivity index (χ3n) is 6.22. The largest absolute Gasteiger partial charge is 0.444 e. The standard InChI is InChI=1S/C31H45N3O4/c1-10-18-34(29(36)25(19-20(2)3)33-30(37)38-31(7,8)9)27(26-22(5)15-13-16-23(26)6)28(35)32-24-17-12-11-14-21(24)4/h11-17,20,25,27H,10,18-19H2,1-9H3,(H,32,35)(H,33,37). The van der Waals surface area contributed by atoms with Gasteiger partial charge >= 0.3 is 6.09 Å². The number of aryl methyl sites for hydroxylation is 3. The van der Waals surface area contributed by atoms with Crippen LogP contribution < -0.4 is 10.6 Å². The first-order valence-electron chi connectivity index (χ1n) is 13.5. The van der Waals surface area contributed by atoms with Crippen LogP contribution in [0.25, 0.3) is 0 Å². The zero-order valence-electron chi connectivity index (χ0n) is 24.5. The minimum absolute atomic E-state index is 0.127. The Morgan fingerprint density at radius 3 is 2.03 bits per heavy atom. The van der Waals surface area contributed by atoms with Crippen molar-refractivity contribution in [1.29, 1.82) is 0 Å². The summed E-state index contributed by atoms with van der Waals surface area (Å²) in [6.07, 6.45) is 0.406. The highest BCUT2D eigenvalue weighted by atomic mass is 16.6. The molecule has 2 aromatic rings. The maximum absolute atomic E-state index is 14.2. The molecule has 7 nitrogen and oxygen atoms in total. The minimum Gasteiger partial charge on any atom is -0.444 e. The van der Waals surface area contributed by atoms with Gasteiger partial charge in [-0.2, -0.15) is 0 Å². The summed E-state index contributed by atoms with van der Waals surface area (Å²) in [6.45, 7) is 17.5. The van der Waals surface area contributed by atoms with Gasteiger partial charge in [-0.05, 0) is 88.6 Å². The molecule has 0 aromatic heterocycles. The molecule has 2 atom stereocenters. The number of anilines is 1. The summed E-state index contributed by atoms with van der Waals surface area (Å²) in [6, 6.07) is 11.7. The van der Waals surface area contributed by atoms with E-state index in [1.807, 2.05) is 84.0 Å². The molecule has 0 fully saturated rings. The summed E-state index contributed by atoms with van der Waals surface area (Å²) in [5.41, 5.74) is 3.56. The number of carbonyl (C=O) groups excluding carboxylic acids is 3. The van der Waals surface area contributed by atoms with Gasteiger partial charge in [0.25, 0.3) is 5.91 Å². The molecule has 2 aromatic carbocycles. The van der Waals surface area contributed by atoms with E-state index in [9.17, 15) is 14.4 Å². The Morgan fingerprint density at radius 2 is 1.50 bits per heavy atom. The molecule has 0 bridgehead atoms. The third kappa shape index (κ3) is 8.61. The monoisotopic (exact) mass is 523 g/mol. The summed E-state index contributed by atoms with van der Waals surface area (Å²) in [7, 11) is 0. The van der Waals surface area contributed by atoms with Crippen molar-refractivity contribution in [3.8, 4) is 0 Å². The number of amides is 3. The minimum atomic E-state index is -0.877. The Labute approximate surface area is 228 Å². The normalized spacial score (nSPS) is 13.0. The van der Waals surface area contributed by atoms with Gasteiger partial charge in [0.2, 0.25) is 5.91 Å². The van der Waals surface area contributed by atoms with E-state index in [-0.39, 0.29) is 17.7 Å². The van der Waals surface area contributed by atoms with Crippen LogP contribution in [0.5, 0.6) is 0 Å². The molecule has 0 aliphatic heterocycles. The fourth-order valence-electron chi connectivity index (χ4n) is 4.55. The van der Waals surface area contributed by atoms with Gasteiger partial charge in [0.05, 0.1) is 0 Å². The quantitative estimate of drug-likeness (QED) is 0.374. The van der Waals surface area contributed by atoms with Crippen molar-refractivity contribution in [2.24, 2.45) is 5.92 Å². The van der Waals surface area contributed by atoms with Crippen LogP contribution >= 0.6 is 0 Å². The number of nitrogens with zero attached hydrogens (tertiary/aromatic N) is 1. The fourth-order valence-corrected chi connectivity index (χ4v) is 4.55. The number of carbonyl (C=O) groups is 3. The van der Waals surface area contributed by atoms with Crippen LogP contribution in [0.1, 0.15) is 82.7 Å². The molecular formula is C31H45N3O4.